The van der Waals surface area contributed by atoms with Gasteiger partial charge < -0.3 is 9.47 Å². The van der Waals surface area contributed by atoms with Gasteiger partial charge >= 0.3 is 5.69 Å². The summed E-state index contributed by atoms with van der Waals surface area (Å²) in [5.74, 6) is 0.749. The molecule has 0 bridgehead atoms. The van der Waals surface area contributed by atoms with Gasteiger partial charge in [-0.1, -0.05) is 30.3 Å². The monoisotopic (exact) mass is 377 g/mol. The molecule has 4 rings (SSSR count). The van der Waals surface area contributed by atoms with Gasteiger partial charge in [0.2, 0.25) is 0 Å². The van der Waals surface area contributed by atoms with E-state index in [1.807, 2.05) is 34.9 Å². The summed E-state index contributed by atoms with van der Waals surface area (Å²) in [7, 11) is 3.11. The van der Waals surface area contributed by atoms with Crippen molar-refractivity contribution in [3.8, 4) is 6.07 Å². The molecule has 1 fully saturated rings. The maximum Gasteiger partial charge on any atom is 0.331 e. The smallest absolute Gasteiger partial charge is 0.331 e. The van der Waals surface area contributed by atoms with Gasteiger partial charge in [-0.15, -0.1) is 0 Å². The quantitative estimate of drug-likeness (QED) is 0.699. The van der Waals surface area contributed by atoms with E-state index in [1.165, 1.54) is 11.6 Å². The molecule has 0 radical (unpaired) electrons. The molecule has 0 atom stereocenters. The molecule has 7 nitrogen and oxygen atoms in total. The molecule has 1 aliphatic heterocycles. The van der Waals surface area contributed by atoms with Crippen LogP contribution in [0.15, 0.2) is 39.9 Å². The minimum Gasteiger partial charge on any atom is -0.357 e. The molecular formula is C21H23N5O2. The van der Waals surface area contributed by atoms with E-state index in [2.05, 4.69) is 11.0 Å². The van der Waals surface area contributed by atoms with Crippen LogP contribution in [0.25, 0.3) is 11.0 Å². The minimum atomic E-state index is -0.420. The van der Waals surface area contributed by atoms with Gasteiger partial charge in [0, 0.05) is 33.7 Å². The van der Waals surface area contributed by atoms with Crippen LogP contribution in [0, 0.1) is 11.3 Å². The fraction of sp³-hybridized carbons (Fsp3) is 0.381. The summed E-state index contributed by atoms with van der Waals surface area (Å²) in [5, 5.41) is 9.99. The van der Waals surface area contributed by atoms with Gasteiger partial charge in [-0.3, -0.25) is 13.9 Å². The number of piperidine rings is 1. The predicted molar refractivity (Wildman–Crippen MR) is 109 cm³/mol. The Morgan fingerprint density at radius 1 is 0.964 bits per heavy atom. The molecule has 144 valence electrons. The van der Waals surface area contributed by atoms with Gasteiger partial charge in [-0.2, -0.15) is 5.26 Å². The zero-order chi connectivity index (χ0) is 19.8. The summed E-state index contributed by atoms with van der Waals surface area (Å²) in [6.45, 7) is 2.15. The Morgan fingerprint density at radius 2 is 1.64 bits per heavy atom. The maximum absolute atomic E-state index is 13.1. The first kappa shape index (κ1) is 18.1. The number of fused-ring (bicyclic) bond motifs is 1. The van der Waals surface area contributed by atoms with Crippen LogP contribution in [0.5, 0.6) is 0 Å². The van der Waals surface area contributed by atoms with Gasteiger partial charge in [0.15, 0.2) is 0 Å². The van der Waals surface area contributed by atoms with Crippen molar-refractivity contribution in [2.24, 2.45) is 14.1 Å². The molecule has 0 amide bonds. The van der Waals surface area contributed by atoms with E-state index in [0.717, 1.165) is 48.3 Å². The van der Waals surface area contributed by atoms with Crippen molar-refractivity contribution in [2.45, 2.75) is 25.8 Å². The Morgan fingerprint density at radius 3 is 2.29 bits per heavy atom. The zero-order valence-corrected chi connectivity index (χ0v) is 16.2. The van der Waals surface area contributed by atoms with Crippen LogP contribution in [0.2, 0.25) is 0 Å². The van der Waals surface area contributed by atoms with Crippen LogP contribution in [0.1, 0.15) is 30.4 Å². The van der Waals surface area contributed by atoms with Crippen LogP contribution in [0.4, 0.5) is 5.82 Å². The highest BCUT2D eigenvalue weighted by Gasteiger charge is 2.28. The first-order valence-electron chi connectivity index (χ1n) is 9.55. The molecule has 28 heavy (non-hydrogen) atoms. The second kappa shape index (κ2) is 7.04. The highest BCUT2D eigenvalue weighted by Crippen LogP contribution is 2.32. The highest BCUT2D eigenvalue weighted by molar-refractivity contribution is 5.90. The molecule has 0 aliphatic carbocycles. The van der Waals surface area contributed by atoms with E-state index < -0.39 is 5.69 Å². The topological polar surface area (TPSA) is 76.0 Å². The molecule has 0 spiro atoms. The number of hydrogen-bond donors (Lipinski definition) is 0. The number of hydrogen-bond acceptors (Lipinski definition) is 4. The largest absolute Gasteiger partial charge is 0.357 e. The van der Waals surface area contributed by atoms with Crippen molar-refractivity contribution in [3.63, 3.8) is 0 Å². The molecule has 1 aromatic carbocycles. The molecule has 0 saturated carbocycles. The van der Waals surface area contributed by atoms with Crippen LogP contribution >= 0.6 is 0 Å². The number of nitrogens with zero attached hydrogens (tertiary/aromatic N) is 5. The van der Waals surface area contributed by atoms with Crippen molar-refractivity contribution in [3.05, 3.63) is 62.3 Å². The molecule has 1 saturated heterocycles. The van der Waals surface area contributed by atoms with Gasteiger partial charge in [0.05, 0.1) is 5.52 Å². The summed E-state index contributed by atoms with van der Waals surface area (Å²) in [4.78, 5) is 27.8. The summed E-state index contributed by atoms with van der Waals surface area (Å²) in [6.07, 6.45) is 3.26. The number of nitriles is 1. The Bertz CT molecular complexity index is 1190. The maximum atomic E-state index is 13.1. The lowest BCUT2D eigenvalue weighted by molar-refractivity contribution is 0.565. The Labute approximate surface area is 162 Å². The van der Waals surface area contributed by atoms with E-state index >= 15 is 0 Å². The summed E-state index contributed by atoms with van der Waals surface area (Å²) >= 11 is 0. The van der Waals surface area contributed by atoms with E-state index in [1.54, 1.807) is 7.05 Å². The Hall–Kier alpha value is -3.27. The summed E-state index contributed by atoms with van der Waals surface area (Å²) in [6, 6.07) is 12.2. The van der Waals surface area contributed by atoms with Crippen LogP contribution < -0.4 is 16.1 Å². The first-order valence-corrected chi connectivity index (χ1v) is 9.55. The summed E-state index contributed by atoms with van der Waals surface area (Å²) in [5.41, 5.74) is 1.49. The SMILES string of the molecule is Cn1c(=O)c2c(c(C#N)c(N3CCCCC3)n2Cc2ccccc2)n(C)c1=O. The van der Waals surface area contributed by atoms with E-state index in [4.69, 9.17) is 0 Å². The average molecular weight is 377 g/mol. The number of anilines is 1. The fourth-order valence-corrected chi connectivity index (χ4v) is 4.16. The van der Waals surface area contributed by atoms with Gasteiger partial charge in [-0.25, -0.2) is 4.79 Å². The van der Waals surface area contributed by atoms with Crippen molar-refractivity contribution in [2.75, 3.05) is 18.0 Å². The Balaban J connectivity index is 2.10. The molecule has 0 unspecified atom stereocenters. The second-order valence-corrected chi connectivity index (χ2v) is 7.33. The summed E-state index contributed by atoms with van der Waals surface area (Å²) < 4.78 is 4.46. The normalized spacial score (nSPS) is 14.4. The molecule has 3 heterocycles. The second-order valence-electron chi connectivity index (χ2n) is 7.33. The number of aryl methyl sites for hydroxylation is 1. The third-order valence-electron chi connectivity index (χ3n) is 5.58. The van der Waals surface area contributed by atoms with Gasteiger partial charge in [-0.05, 0) is 24.8 Å². The van der Waals surface area contributed by atoms with E-state index in [0.29, 0.717) is 23.1 Å². The lowest BCUT2D eigenvalue weighted by Crippen LogP contribution is -2.37. The predicted octanol–water partition coefficient (Wildman–Crippen LogP) is 1.95. The number of aromatic nitrogens is 3. The molecule has 1 aliphatic rings. The van der Waals surface area contributed by atoms with Crippen molar-refractivity contribution in [1.82, 2.24) is 13.7 Å². The van der Waals surface area contributed by atoms with E-state index in [-0.39, 0.29) is 5.56 Å². The van der Waals surface area contributed by atoms with Gasteiger partial charge in [0.25, 0.3) is 5.56 Å². The first-order chi connectivity index (χ1) is 13.5. The molecule has 3 aromatic rings. The lowest BCUT2D eigenvalue weighted by atomic mass is 10.1. The molecular weight excluding hydrogens is 354 g/mol. The van der Waals surface area contributed by atoms with Crippen molar-refractivity contribution >= 4 is 16.9 Å². The van der Waals surface area contributed by atoms with Crippen LogP contribution in [-0.4, -0.2) is 26.8 Å². The van der Waals surface area contributed by atoms with Crippen molar-refractivity contribution < 1.29 is 0 Å². The minimum absolute atomic E-state index is 0.367. The van der Waals surface area contributed by atoms with E-state index in [9.17, 15) is 14.9 Å². The molecule has 2 aromatic heterocycles. The molecule has 0 N–H and O–H groups in total. The number of rotatable bonds is 3. The third-order valence-corrected chi connectivity index (χ3v) is 5.58. The molecule has 7 heteroatoms. The van der Waals surface area contributed by atoms with Crippen LogP contribution in [-0.2, 0) is 20.6 Å². The zero-order valence-electron chi connectivity index (χ0n) is 16.2. The average Bonchev–Trinajstić information content (AvgIpc) is 3.06. The van der Waals surface area contributed by atoms with Gasteiger partial charge in [0.1, 0.15) is 23.0 Å². The number of benzene rings is 1. The standard InChI is InChI=1S/C21H23N5O2/c1-23-17-16(13-22)19(25-11-7-4-8-12-25)26(14-15-9-5-3-6-10-15)18(17)20(27)24(2)21(23)28/h3,5-6,9-10H,4,7-8,11-12,14H2,1-2H3. The lowest BCUT2D eigenvalue weighted by Gasteiger charge is -2.30. The highest BCUT2D eigenvalue weighted by atomic mass is 16.2. The van der Waals surface area contributed by atoms with Crippen molar-refractivity contribution in [1.29, 1.82) is 5.26 Å². The van der Waals surface area contributed by atoms with Crippen LogP contribution in [0.3, 0.4) is 0 Å². The third kappa shape index (κ3) is 2.73. The Kier molecular flexibility index (Phi) is 4.55. The fourth-order valence-electron chi connectivity index (χ4n) is 4.16.